The summed E-state index contributed by atoms with van der Waals surface area (Å²) >= 11 is 0. The summed E-state index contributed by atoms with van der Waals surface area (Å²) < 4.78 is 27.3. The van der Waals surface area contributed by atoms with Gasteiger partial charge < -0.3 is 23.7 Å². The van der Waals surface area contributed by atoms with Crippen molar-refractivity contribution in [1.29, 1.82) is 0 Å². The van der Waals surface area contributed by atoms with Crippen LogP contribution < -0.4 is 0 Å². The molecule has 0 radical (unpaired) electrons. The number of ether oxygens (including phenoxy) is 5. The Labute approximate surface area is 152 Å². The molecule has 0 saturated heterocycles. The van der Waals surface area contributed by atoms with Gasteiger partial charge in [-0.2, -0.15) is 0 Å². The lowest BCUT2D eigenvalue weighted by molar-refractivity contribution is -0.229. The van der Waals surface area contributed by atoms with Gasteiger partial charge >= 0.3 is 11.9 Å². The molecule has 0 aromatic heterocycles. The minimum absolute atomic E-state index is 0.0215. The molecule has 1 aliphatic rings. The molecular weight excluding hydrogens is 340 g/mol. The third kappa shape index (κ3) is 5.57. The number of hydrogen-bond acceptors (Lipinski definition) is 7. The van der Waals surface area contributed by atoms with Crippen LogP contribution in [0.1, 0.15) is 26.3 Å². The first-order chi connectivity index (χ1) is 12.5. The number of carbonyl (C=O) groups is 2. The van der Waals surface area contributed by atoms with Crippen LogP contribution in [-0.4, -0.2) is 43.7 Å². The van der Waals surface area contributed by atoms with Crippen molar-refractivity contribution in [3.05, 3.63) is 47.7 Å². The molecule has 0 spiro atoms. The molecule has 0 saturated carbocycles. The predicted molar refractivity (Wildman–Crippen MR) is 91.8 cm³/mol. The molecule has 7 heteroatoms. The molecule has 0 N–H and O–H groups in total. The van der Waals surface area contributed by atoms with E-state index >= 15 is 0 Å². The monoisotopic (exact) mass is 364 g/mol. The SMILES string of the molecule is CCOC(=O)C1=C[C@@H](OCC)[C@@H](OC(C)=O)[C@@H](OCc2ccccc2)O1. The molecular formula is C19H24O7. The summed E-state index contributed by atoms with van der Waals surface area (Å²) in [5.74, 6) is -1.14. The molecule has 0 aliphatic carbocycles. The van der Waals surface area contributed by atoms with E-state index in [-0.39, 0.29) is 19.0 Å². The maximum atomic E-state index is 12.1. The average molecular weight is 364 g/mol. The van der Waals surface area contributed by atoms with Crippen LogP contribution in [0.15, 0.2) is 42.2 Å². The van der Waals surface area contributed by atoms with Gasteiger partial charge in [-0.15, -0.1) is 0 Å². The van der Waals surface area contributed by atoms with Crippen molar-refractivity contribution < 1.29 is 33.3 Å². The third-order valence-corrected chi connectivity index (χ3v) is 3.55. The maximum Gasteiger partial charge on any atom is 0.373 e. The second-order valence-corrected chi connectivity index (χ2v) is 5.53. The summed E-state index contributed by atoms with van der Waals surface area (Å²) in [6, 6.07) is 9.46. The van der Waals surface area contributed by atoms with Crippen molar-refractivity contribution in [2.75, 3.05) is 13.2 Å². The molecule has 7 nitrogen and oxygen atoms in total. The normalized spacial score (nSPS) is 22.1. The van der Waals surface area contributed by atoms with Gasteiger partial charge in [0.25, 0.3) is 0 Å². The molecule has 0 unspecified atom stereocenters. The summed E-state index contributed by atoms with van der Waals surface area (Å²) in [6.07, 6.45) is -1.07. The van der Waals surface area contributed by atoms with E-state index in [9.17, 15) is 9.59 Å². The van der Waals surface area contributed by atoms with Crippen LogP contribution in [0.5, 0.6) is 0 Å². The summed E-state index contributed by atoms with van der Waals surface area (Å²) in [6.45, 7) is 5.59. The van der Waals surface area contributed by atoms with Gasteiger partial charge in [0.2, 0.25) is 12.0 Å². The Balaban J connectivity index is 2.20. The van der Waals surface area contributed by atoms with Gasteiger partial charge in [0.15, 0.2) is 6.10 Å². The maximum absolute atomic E-state index is 12.1. The van der Waals surface area contributed by atoms with E-state index in [4.69, 9.17) is 23.7 Å². The lowest BCUT2D eigenvalue weighted by atomic mass is 10.1. The number of esters is 2. The van der Waals surface area contributed by atoms with Gasteiger partial charge in [-0.3, -0.25) is 4.79 Å². The largest absolute Gasteiger partial charge is 0.460 e. The molecule has 0 amide bonds. The third-order valence-electron chi connectivity index (χ3n) is 3.55. The lowest BCUT2D eigenvalue weighted by Gasteiger charge is -2.35. The first kappa shape index (κ1) is 19.9. The van der Waals surface area contributed by atoms with Crippen LogP contribution in [0, 0.1) is 0 Å². The second kappa shape index (κ2) is 9.94. The van der Waals surface area contributed by atoms with Crippen LogP contribution in [0.4, 0.5) is 0 Å². The highest BCUT2D eigenvalue weighted by Crippen LogP contribution is 2.26. The predicted octanol–water partition coefficient (Wildman–Crippen LogP) is 2.34. The summed E-state index contributed by atoms with van der Waals surface area (Å²) in [7, 11) is 0. The molecule has 0 fully saturated rings. The van der Waals surface area contributed by atoms with Crippen molar-refractivity contribution in [3.63, 3.8) is 0 Å². The van der Waals surface area contributed by atoms with E-state index in [2.05, 4.69) is 0 Å². The van der Waals surface area contributed by atoms with E-state index in [0.717, 1.165) is 5.56 Å². The van der Waals surface area contributed by atoms with Gasteiger partial charge in [0.05, 0.1) is 13.2 Å². The standard InChI is InChI=1S/C19H24O7/c1-4-22-15-11-16(18(21)23-5-2)26-19(17(15)25-13(3)20)24-12-14-9-7-6-8-10-14/h6-11,15,17,19H,4-5,12H2,1-3H3/t15-,17-,19+/m1/s1. The number of benzene rings is 1. The summed E-state index contributed by atoms with van der Waals surface area (Å²) in [5.41, 5.74) is 0.915. The molecule has 1 heterocycles. The molecule has 1 aromatic rings. The van der Waals surface area contributed by atoms with E-state index in [0.29, 0.717) is 6.61 Å². The topological polar surface area (TPSA) is 80.3 Å². The molecule has 1 aliphatic heterocycles. The summed E-state index contributed by atoms with van der Waals surface area (Å²) in [4.78, 5) is 23.6. The van der Waals surface area contributed by atoms with Crippen LogP contribution in [-0.2, 0) is 39.9 Å². The lowest BCUT2D eigenvalue weighted by Crippen LogP contribution is -2.48. The van der Waals surface area contributed by atoms with Crippen molar-refractivity contribution in [2.24, 2.45) is 0 Å². The van der Waals surface area contributed by atoms with Crippen molar-refractivity contribution in [3.8, 4) is 0 Å². The first-order valence-corrected chi connectivity index (χ1v) is 8.55. The molecule has 0 bridgehead atoms. The Morgan fingerprint density at radius 3 is 2.42 bits per heavy atom. The molecule has 3 atom stereocenters. The Kier molecular flexibility index (Phi) is 7.62. The van der Waals surface area contributed by atoms with E-state index < -0.39 is 30.4 Å². The van der Waals surface area contributed by atoms with Gasteiger partial charge in [0, 0.05) is 13.5 Å². The van der Waals surface area contributed by atoms with Crippen molar-refractivity contribution >= 4 is 11.9 Å². The van der Waals surface area contributed by atoms with E-state index in [1.807, 2.05) is 30.3 Å². The zero-order valence-corrected chi connectivity index (χ0v) is 15.2. The molecule has 142 valence electrons. The van der Waals surface area contributed by atoms with Crippen LogP contribution in [0.25, 0.3) is 0 Å². The quantitative estimate of drug-likeness (QED) is 0.655. The average Bonchev–Trinajstić information content (AvgIpc) is 2.62. The van der Waals surface area contributed by atoms with E-state index in [1.165, 1.54) is 13.0 Å². The van der Waals surface area contributed by atoms with Gasteiger partial charge in [-0.05, 0) is 25.5 Å². The molecule has 1 aromatic carbocycles. The van der Waals surface area contributed by atoms with Crippen molar-refractivity contribution in [1.82, 2.24) is 0 Å². The number of rotatable bonds is 8. The van der Waals surface area contributed by atoms with Crippen molar-refractivity contribution in [2.45, 2.75) is 45.9 Å². The molecule has 2 rings (SSSR count). The van der Waals surface area contributed by atoms with Gasteiger partial charge in [0.1, 0.15) is 6.10 Å². The highest BCUT2D eigenvalue weighted by molar-refractivity contribution is 5.86. The van der Waals surface area contributed by atoms with Gasteiger partial charge in [-0.1, -0.05) is 30.3 Å². The van der Waals surface area contributed by atoms with E-state index in [1.54, 1.807) is 13.8 Å². The fraction of sp³-hybridized carbons (Fsp3) is 0.474. The van der Waals surface area contributed by atoms with Crippen LogP contribution >= 0.6 is 0 Å². The number of carbonyl (C=O) groups excluding carboxylic acids is 2. The minimum Gasteiger partial charge on any atom is -0.460 e. The highest BCUT2D eigenvalue weighted by atomic mass is 16.7. The first-order valence-electron chi connectivity index (χ1n) is 8.55. The summed E-state index contributed by atoms with van der Waals surface area (Å²) in [5, 5.41) is 0. The van der Waals surface area contributed by atoms with Crippen LogP contribution in [0.3, 0.4) is 0 Å². The molecule has 26 heavy (non-hydrogen) atoms. The van der Waals surface area contributed by atoms with Gasteiger partial charge in [-0.25, -0.2) is 4.79 Å². The second-order valence-electron chi connectivity index (χ2n) is 5.53. The fourth-order valence-electron chi connectivity index (χ4n) is 2.48. The smallest absolute Gasteiger partial charge is 0.373 e. The Bertz CT molecular complexity index is 626. The zero-order chi connectivity index (χ0) is 18.9. The fourth-order valence-corrected chi connectivity index (χ4v) is 2.48. The number of hydrogen-bond donors (Lipinski definition) is 0. The Morgan fingerprint density at radius 1 is 1.08 bits per heavy atom. The highest BCUT2D eigenvalue weighted by Gasteiger charge is 2.41. The zero-order valence-electron chi connectivity index (χ0n) is 15.2. The minimum atomic E-state index is -1.000. The van der Waals surface area contributed by atoms with Crippen LogP contribution in [0.2, 0.25) is 0 Å². The Morgan fingerprint density at radius 2 is 1.81 bits per heavy atom. The Hall–Kier alpha value is -2.38.